The van der Waals surface area contributed by atoms with Crippen molar-refractivity contribution >= 4 is 20.6 Å². The van der Waals surface area contributed by atoms with Gasteiger partial charge in [0.25, 0.3) is 0 Å². The first-order valence-corrected chi connectivity index (χ1v) is 9.32. The summed E-state index contributed by atoms with van der Waals surface area (Å²) < 4.78 is 30.4. The van der Waals surface area contributed by atoms with Crippen molar-refractivity contribution in [2.75, 3.05) is 13.4 Å². The normalized spacial score (nSPS) is 13.4. The molecule has 0 fully saturated rings. The number of benzene rings is 2. The third-order valence-electron chi connectivity index (χ3n) is 3.68. The van der Waals surface area contributed by atoms with Gasteiger partial charge in [0.1, 0.15) is 18.1 Å². The van der Waals surface area contributed by atoms with E-state index in [1.807, 2.05) is 36.4 Å². The van der Waals surface area contributed by atoms with Crippen LogP contribution in [0.4, 0.5) is 0 Å². The van der Waals surface area contributed by atoms with E-state index >= 15 is 0 Å². The Hall–Kier alpha value is -2.60. The maximum atomic E-state index is 11.7. The van der Waals surface area contributed by atoms with Crippen LogP contribution < -0.4 is 9.47 Å². The molecule has 0 aliphatic carbocycles. The van der Waals surface area contributed by atoms with Crippen molar-refractivity contribution in [1.29, 1.82) is 4.78 Å². The summed E-state index contributed by atoms with van der Waals surface area (Å²) in [6, 6.07) is 14.6. The molecule has 5 nitrogen and oxygen atoms in total. The van der Waals surface area contributed by atoms with Crippen LogP contribution in [0.15, 0.2) is 59.6 Å². The Kier molecular flexibility index (Phi) is 4.40. The largest absolute Gasteiger partial charge is 0.497 e. The molecular weight excluding hydrogens is 324 g/mol. The third kappa shape index (κ3) is 3.49. The molecule has 6 heteroatoms. The van der Waals surface area contributed by atoms with E-state index in [0.29, 0.717) is 11.5 Å². The van der Waals surface area contributed by atoms with Crippen LogP contribution in [0.1, 0.15) is 5.56 Å². The smallest absolute Gasteiger partial charge is 0.130 e. The maximum absolute atomic E-state index is 11.7. The SMILES string of the molecule is COc1ccc2c(OCc3ccc([S@@](C)(=N)=O)cc3)ccnc2c1. The Morgan fingerprint density at radius 1 is 1.12 bits per heavy atom. The molecule has 0 bridgehead atoms. The van der Waals surface area contributed by atoms with E-state index in [4.69, 9.17) is 14.3 Å². The van der Waals surface area contributed by atoms with Gasteiger partial charge in [0.05, 0.1) is 22.4 Å². The maximum Gasteiger partial charge on any atom is 0.130 e. The fourth-order valence-corrected chi connectivity index (χ4v) is 3.02. The van der Waals surface area contributed by atoms with Crippen LogP contribution in [-0.4, -0.2) is 22.6 Å². The van der Waals surface area contributed by atoms with Crippen molar-refractivity contribution in [2.24, 2.45) is 0 Å². The van der Waals surface area contributed by atoms with Crippen molar-refractivity contribution in [2.45, 2.75) is 11.5 Å². The summed E-state index contributed by atoms with van der Waals surface area (Å²) >= 11 is 0. The molecule has 2 aromatic carbocycles. The number of pyridine rings is 1. The van der Waals surface area contributed by atoms with E-state index in [-0.39, 0.29) is 0 Å². The lowest BCUT2D eigenvalue weighted by molar-refractivity contribution is 0.309. The molecule has 124 valence electrons. The minimum atomic E-state index is -2.68. The number of nitrogens with one attached hydrogen (secondary N) is 1. The molecule has 1 heterocycles. The zero-order valence-corrected chi connectivity index (χ0v) is 14.3. The topological polar surface area (TPSA) is 72.3 Å². The van der Waals surface area contributed by atoms with Crippen molar-refractivity contribution in [1.82, 2.24) is 4.98 Å². The minimum Gasteiger partial charge on any atom is -0.497 e. The van der Waals surface area contributed by atoms with Gasteiger partial charge >= 0.3 is 0 Å². The molecule has 3 aromatic rings. The van der Waals surface area contributed by atoms with Crippen LogP contribution in [-0.2, 0) is 16.3 Å². The number of hydrogen-bond donors (Lipinski definition) is 1. The summed E-state index contributed by atoms with van der Waals surface area (Å²) in [7, 11) is -1.06. The number of fused-ring (bicyclic) bond motifs is 1. The highest BCUT2D eigenvalue weighted by molar-refractivity contribution is 7.91. The van der Waals surface area contributed by atoms with E-state index in [1.54, 1.807) is 25.4 Å². The van der Waals surface area contributed by atoms with Crippen molar-refractivity contribution in [3.63, 3.8) is 0 Å². The van der Waals surface area contributed by atoms with Crippen LogP contribution in [0.25, 0.3) is 10.9 Å². The van der Waals surface area contributed by atoms with Crippen molar-refractivity contribution < 1.29 is 13.7 Å². The second-order valence-electron chi connectivity index (χ2n) is 5.47. The number of nitrogens with zero attached hydrogens (tertiary/aromatic N) is 1. The number of hydrogen-bond acceptors (Lipinski definition) is 5. The summed E-state index contributed by atoms with van der Waals surface area (Å²) in [6.07, 6.45) is 3.11. The molecular formula is C18H18N2O3S. The van der Waals surface area contributed by atoms with Gasteiger partial charge in [0, 0.05) is 28.8 Å². The second-order valence-corrected chi connectivity index (χ2v) is 7.63. The molecule has 0 aliphatic heterocycles. The molecule has 0 amide bonds. The summed E-state index contributed by atoms with van der Waals surface area (Å²) in [6.45, 7) is 0.383. The number of methoxy groups -OCH3 is 1. The molecule has 1 aromatic heterocycles. The first-order chi connectivity index (χ1) is 11.5. The monoisotopic (exact) mass is 342 g/mol. The predicted molar refractivity (Wildman–Crippen MR) is 94.1 cm³/mol. The fourth-order valence-electron chi connectivity index (χ4n) is 2.36. The van der Waals surface area contributed by atoms with E-state index < -0.39 is 9.73 Å². The van der Waals surface area contributed by atoms with Gasteiger partial charge < -0.3 is 9.47 Å². The van der Waals surface area contributed by atoms with Gasteiger partial charge in [-0.3, -0.25) is 4.98 Å². The predicted octanol–water partition coefficient (Wildman–Crippen LogP) is 3.86. The molecule has 1 atom stereocenters. The van der Waals surface area contributed by atoms with E-state index in [2.05, 4.69) is 4.98 Å². The highest BCUT2D eigenvalue weighted by Crippen LogP contribution is 2.27. The zero-order chi connectivity index (χ0) is 17.2. The van der Waals surface area contributed by atoms with Crippen LogP contribution >= 0.6 is 0 Å². The van der Waals surface area contributed by atoms with Crippen molar-refractivity contribution in [3.8, 4) is 11.5 Å². The minimum absolute atomic E-state index is 0.383. The first kappa shape index (κ1) is 16.3. The van der Waals surface area contributed by atoms with Crippen LogP contribution in [0.5, 0.6) is 11.5 Å². The molecule has 0 saturated carbocycles. The molecule has 0 saturated heterocycles. The Morgan fingerprint density at radius 2 is 1.88 bits per heavy atom. The standard InChI is InChI=1S/C18H18N2O3S/c1-22-14-5-8-16-17(11-14)20-10-9-18(16)23-12-13-3-6-15(7-4-13)24(2,19)21/h3-11,19H,12H2,1-2H3/t24-/m0/s1. The lowest BCUT2D eigenvalue weighted by Crippen LogP contribution is -1.99. The van der Waals surface area contributed by atoms with Gasteiger partial charge in [-0.25, -0.2) is 8.99 Å². The Balaban J connectivity index is 1.81. The molecule has 3 rings (SSSR count). The summed E-state index contributed by atoms with van der Waals surface area (Å²) in [5, 5.41) is 0.914. The molecule has 0 unspecified atom stereocenters. The number of ether oxygens (including phenoxy) is 2. The van der Waals surface area contributed by atoms with E-state index in [1.165, 1.54) is 6.26 Å². The highest BCUT2D eigenvalue weighted by Gasteiger charge is 2.06. The van der Waals surface area contributed by atoms with Gasteiger partial charge in [-0.05, 0) is 35.9 Å². The average molecular weight is 342 g/mol. The number of aromatic nitrogens is 1. The van der Waals surface area contributed by atoms with Gasteiger partial charge in [0.15, 0.2) is 0 Å². The van der Waals surface area contributed by atoms with Crippen LogP contribution in [0.2, 0.25) is 0 Å². The number of rotatable bonds is 5. The lowest BCUT2D eigenvalue weighted by Gasteiger charge is -2.10. The first-order valence-electron chi connectivity index (χ1n) is 7.36. The summed E-state index contributed by atoms with van der Waals surface area (Å²) in [4.78, 5) is 4.85. The molecule has 0 radical (unpaired) electrons. The highest BCUT2D eigenvalue weighted by atomic mass is 32.2. The van der Waals surface area contributed by atoms with Crippen LogP contribution in [0.3, 0.4) is 0 Å². The van der Waals surface area contributed by atoms with Gasteiger partial charge in [-0.2, -0.15) is 0 Å². The summed E-state index contributed by atoms with van der Waals surface area (Å²) in [5.74, 6) is 1.49. The second kappa shape index (κ2) is 6.49. The van der Waals surface area contributed by atoms with Gasteiger partial charge in [-0.15, -0.1) is 0 Å². The third-order valence-corrected chi connectivity index (χ3v) is 4.85. The van der Waals surface area contributed by atoms with Gasteiger partial charge in [-0.1, -0.05) is 12.1 Å². The average Bonchev–Trinajstić information content (AvgIpc) is 2.59. The van der Waals surface area contributed by atoms with E-state index in [0.717, 1.165) is 28.0 Å². The molecule has 0 spiro atoms. The van der Waals surface area contributed by atoms with E-state index in [9.17, 15) is 4.21 Å². The summed E-state index contributed by atoms with van der Waals surface area (Å²) in [5.41, 5.74) is 1.75. The van der Waals surface area contributed by atoms with Gasteiger partial charge in [0.2, 0.25) is 0 Å². The Bertz CT molecular complexity index is 967. The quantitative estimate of drug-likeness (QED) is 0.764. The Morgan fingerprint density at radius 3 is 2.54 bits per heavy atom. The molecule has 0 aliphatic rings. The van der Waals surface area contributed by atoms with Crippen LogP contribution in [0, 0.1) is 4.78 Å². The fraction of sp³-hybridized carbons (Fsp3) is 0.167. The zero-order valence-electron chi connectivity index (χ0n) is 13.5. The van der Waals surface area contributed by atoms with Crippen molar-refractivity contribution in [3.05, 3.63) is 60.3 Å². The molecule has 1 N–H and O–H groups in total. The Labute approximate surface area is 141 Å². The molecule has 24 heavy (non-hydrogen) atoms. The lowest BCUT2D eigenvalue weighted by atomic mass is 10.2.